The molecule has 7 heteroatoms. The number of ether oxygens (including phenoxy) is 2. The van der Waals surface area contributed by atoms with Crippen LogP contribution in [-0.2, 0) is 19.1 Å². The van der Waals surface area contributed by atoms with E-state index in [1.807, 2.05) is 33.3 Å². The first kappa shape index (κ1) is 33.5. The van der Waals surface area contributed by atoms with E-state index in [-0.39, 0.29) is 36.7 Å². The van der Waals surface area contributed by atoms with E-state index in [1.165, 1.54) is 0 Å². The molecule has 0 amide bonds. The number of carbonyl (C=O) groups excluding carboxylic acids is 1. The topological polar surface area (TPSA) is 93.1 Å². The fourth-order valence-electron chi connectivity index (χ4n) is 3.14. The first-order chi connectivity index (χ1) is 17.2. The molecule has 0 aromatic heterocycles. The van der Waals surface area contributed by atoms with Gasteiger partial charge in [-0.25, -0.2) is 4.79 Å². The second-order valence-corrected chi connectivity index (χ2v) is 9.42. The van der Waals surface area contributed by atoms with Crippen LogP contribution in [0.5, 0.6) is 0 Å². The largest absolute Gasteiger partial charge is 0.477 e. The van der Waals surface area contributed by atoms with Crippen LogP contribution in [0.25, 0.3) is 0 Å². The Hall–Kier alpha value is -2.48. The van der Waals surface area contributed by atoms with Gasteiger partial charge in [-0.15, -0.1) is 0 Å². The van der Waals surface area contributed by atoms with Crippen LogP contribution in [0.1, 0.15) is 58.3 Å². The van der Waals surface area contributed by atoms with Crippen LogP contribution in [0.4, 0.5) is 0 Å². The molecule has 2 unspecified atom stereocenters. The van der Waals surface area contributed by atoms with Crippen molar-refractivity contribution in [1.29, 1.82) is 0 Å². The van der Waals surface area contributed by atoms with E-state index < -0.39 is 18.1 Å². The number of likely N-dealkylation sites (N-methyl/N-ethyl adjacent to an activating group) is 1. The number of carbonyl (C=O) groups is 2. The van der Waals surface area contributed by atoms with Gasteiger partial charge in [0.05, 0.1) is 34.4 Å². The molecule has 0 spiro atoms. The standard InChI is InChI=1S/C29H47NO6/c1-5-6-7-8-9-10-11-12-13-14-15-16-17-18-19-20-21-28(32)36-25-26(31)24-35-23-22-27(29(33)34)30(2,3)4/h6-7,9-10,12-13,15-16,18-19,26-27,31H,5,8,11,14,17,20-25H2,1-4H3/p+1/b7-6+,10-9+,13-12+,16-15+,19-18+. The monoisotopic (exact) mass is 506 g/mol. The van der Waals surface area contributed by atoms with Gasteiger partial charge in [0, 0.05) is 12.8 Å². The number of hydrogen-bond donors (Lipinski definition) is 2. The summed E-state index contributed by atoms with van der Waals surface area (Å²) in [4.78, 5) is 23.1. The van der Waals surface area contributed by atoms with Crippen LogP contribution in [0.15, 0.2) is 60.8 Å². The molecule has 0 fully saturated rings. The average molecular weight is 507 g/mol. The molecule has 0 saturated carbocycles. The lowest BCUT2D eigenvalue weighted by atomic mass is 10.1. The van der Waals surface area contributed by atoms with E-state index in [9.17, 15) is 19.8 Å². The van der Waals surface area contributed by atoms with E-state index >= 15 is 0 Å². The number of aliphatic hydroxyl groups excluding tert-OH is 1. The smallest absolute Gasteiger partial charge is 0.362 e. The van der Waals surface area contributed by atoms with Crippen molar-refractivity contribution in [3.63, 3.8) is 0 Å². The Labute approximate surface area is 218 Å². The van der Waals surface area contributed by atoms with Gasteiger partial charge in [-0.3, -0.25) is 4.79 Å². The first-order valence-electron chi connectivity index (χ1n) is 12.9. The number of rotatable bonds is 21. The van der Waals surface area contributed by atoms with Gasteiger partial charge >= 0.3 is 11.9 Å². The number of esters is 1. The number of quaternary nitrogens is 1. The Morgan fingerprint density at radius 2 is 1.31 bits per heavy atom. The average Bonchev–Trinajstić information content (AvgIpc) is 2.81. The van der Waals surface area contributed by atoms with Crippen LogP contribution >= 0.6 is 0 Å². The molecular formula is C29H48NO6+. The molecule has 0 aliphatic carbocycles. The fraction of sp³-hybridized carbons (Fsp3) is 0.586. The number of carboxylic acids is 1. The minimum absolute atomic E-state index is 0.00840. The summed E-state index contributed by atoms with van der Waals surface area (Å²) >= 11 is 0. The predicted octanol–water partition coefficient (Wildman–Crippen LogP) is 4.99. The summed E-state index contributed by atoms with van der Waals surface area (Å²) in [5.74, 6) is -1.25. The molecular weight excluding hydrogens is 458 g/mol. The minimum Gasteiger partial charge on any atom is -0.477 e. The third-order valence-corrected chi connectivity index (χ3v) is 5.18. The molecule has 0 radical (unpaired) electrons. The Morgan fingerprint density at radius 1 is 0.806 bits per heavy atom. The van der Waals surface area contributed by atoms with Gasteiger partial charge in [0.25, 0.3) is 0 Å². The summed E-state index contributed by atoms with van der Waals surface area (Å²) < 4.78 is 10.7. The lowest BCUT2D eigenvalue weighted by molar-refractivity contribution is -0.887. The molecule has 0 aliphatic rings. The zero-order valence-corrected chi connectivity index (χ0v) is 22.7. The Balaban J connectivity index is 3.79. The molecule has 0 rings (SSSR count). The van der Waals surface area contributed by atoms with Crippen molar-refractivity contribution in [3.05, 3.63) is 60.8 Å². The summed E-state index contributed by atoms with van der Waals surface area (Å²) in [6, 6.07) is -0.587. The molecule has 0 heterocycles. The highest BCUT2D eigenvalue weighted by atomic mass is 16.5. The fourth-order valence-corrected chi connectivity index (χ4v) is 3.14. The highest BCUT2D eigenvalue weighted by molar-refractivity contribution is 5.72. The summed E-state index contributed by atoms with van der Waals surface area (Å²) in [6.45, 7) is 2.20. The molecule has 0 aromatic rings. The highest BCUT2D eigenvalue weighted by Gasteiger charge is 2.30. The van der Waals surface area contributed by atoms with Crippen molar-refractivity contribution in [3.8, 4) is 0 Å². The van der Waals surface area contributed by atoms with Gasteiger partial charge in [-0.2, -0.15) is 0 Å². The quantitative estimate of drug-likeness (QED) is 0.0986. The third kappa shape index (κ3) is 20.9. The zero-order valence-electron chi connectivity index (χ0n) is 22.7. The molecule has 0 saturated heterocycles. The normalized spacial score (nSPS) is 14.6. The Morgan fingerprint density at radius 3 is 1.78 bits per heavy atom. The van der Waals surface area contributed by atoms with Crippen molar-refractivity contribution >= 4 is 11.9 Å². The van der Waals surface area contributed by atoms with Crippen LogP contribution in [0.3, 0.4) is 0 Å². The zero-order chi connectivity index (χ0) is 27.1. The van der Waals surface area contributed by atoms with Crippen molar-refractivity contribution in [2.45, 2.75) is 70.4 Å². The van der Waals surface area contributed by atoms with Gasteiger partial charge in [0.1, 0.15) is 12.7 Å². The van der Waals surface area contributed by atoms with E-state index in [2.05, 4.69) is 55.5 Å². The number of hydrogen-bond acceptors (Lipinski definition) is 5. The molecule has 36 heavy (non-hydrogen) atoms. The summed E-state index contributed by atoms with van der Waals surface area (Å²) in [5, 5.41) is 19.2. The van der Waals surface area contributed by atoms with E-state index in [0.29, 0.717) is 12.8 Å². The second-order valence-electron chi connectivity index (χ2n) is 9.42. The van der Waals surface area contributed by atoms with Gasteiger partial charge in [0.2, 0.25) is 0 Å². The van der Waals surface area contributed by atoms with Gasteiger partial charge in [-0.1, -0.05) is 67.7 Å². The molecule has 0 aliphatic heterocycles. The van der Waals surface area contributed by atoms with E-state index in [4.69, 9.17) is 9.47 Å². The molecule has 2 atom stereocenters. The lowest BCUT2D eigenvalue weighted by Crippen LogP contribution is -2.50. The summed E-state index contributed by atoms with van der Waals surface area (Å²) in [5.41, 5.74) is 0. The SMILES string of the molecule is CC/C=C/C/C=C/C/C=C/C/C=C/C/C=C/CCC(=O)OCC(O)COCCC(C(=O)O)[N+](C)(C)C. The second kappa shape index (κ2) is 21.8. The van der Waals surface area contributed by atoms with Crippen molar-refractivity contribution in [1.82, 2.24) is 0 Å². The van der Waals surface area contributed by atoms with Gasteiger partial charge < -0.3 is 24.2 Å². The number of carboxylic acid groups (broad SMARTS) is 1. The van der Waals surface area contributed by atoms with Crippen LogP contribution < -0.4 is 0 Å². The lowest BCUT2D eigenvalue weighted by Gasteiger charge is -2.31. The van der Waals surface area contributed by atoms with Crippen molar-refractivity contribution < 1.29 is 33.8 Å². The minimum atomic E-state index is -0.935. The van der Waals surface area contributed by atoms with Gasteiger partial charge in [0.15, 0.2) is 6.04 Å². The molecule has 7 nitrogen and oxygen atoms in total. The third-order valence-electron chi connectivity index (χ3n) is 5.18. The predicted molar refractivity (Wildman–Crippen MR) is 146 cm³/mol. The van der Waals surface area contributed by atoms with Crippen LogP contribution in [-0.4, -0.2) is 79.7 Å². The van der Waals surface area contributed by atoms with Crippen LogP contribution in [0, 0.1) is 0 Å². The summed E-state index contributed by atoms with van der Waals surface area (Å²) in [7, 11) is 5.44. The van der Waals surface area contributed by atoms with Crippen LogP contribution in [0.2, 0.25) is 0 Å². The van der Waals surface area contributed by atoms with Crippen molar-refractivity contribution in [2.24, 2.45) is 0 Å². The molecule has 0 bridgehead atoms. The van der Waals surface area contributed by atoms with Gasteiger partial charge in [-0.05, 0) is 38.5 Å². The Bertz CT molecular complexity index is 731. The molecule has 2 N–H and O–H groups in total. The first-order valence-corrected chi connectivity index (χ1v) is 12.9. The maximum atomic E-state index is 11.8. The number of nitrogens with zero attached hydrogens (tertiary/aromatic N) is 1. The molecule has 204 valence electrons. The number of allylic oxidation sites excluding steroid dienone is 10. The Kier molecular flexibility index (Phi) is 20.3. The highest BCUT2D eigenvalue weighted by Crippen LogP contribution is 2.08. The maximum Gasteiger partial charge on any atom is 0.362 e. The maximum absolute atomic E-state index is 11.8. The van der Waals surface area contributed by atoms with E-state index in [1.54, 1.807) is 0 Å². The summed E-state index contributed by atoms with van der Waals surface area (Å²) in [6.07, 6.45) is 26.2. The number of aliphatic carboxylic acids is 1. The molecule has 0 aromatic carbocycles. The van der Waals surface area contributed by atoms with E-state index in [0.717, 1.165) is 32.1 Å². The number of aliphatic hydroxyl groups is 1. The van der Waals surface area contributed by atoms with Crippen molar-refractivity contribution in [2.75, 3.05) is 41.0 Å².